The van der Waals surface area contributed by atoms with Crippen LogP contribution in [0.25, 0.3) is 0 Å². The predicted molar refractivity (Wildman–Crippen MR) is 108 cm³/mol. The van der Waals surface area contributed by atoms with E-state index in [4.69, 9.17) is 4.42 Å². The van der Waals surface area contributed by atoms with E-state index in [0.717, 1.165) is 40.6 Å². The molecule has 2 atom stereocenters. The van der Waals surface area contributed by atoms with Crippen LogP contribution in [0.1, 0.15) is 41.2 Å². The summed E-state index contributed by atoms with van der Waals surface area (Å²) in [6.07, 6.45) is 1.36. The summed E-state index contributed by atoms with van der Waals surface area (Å²) in [6.45, 7) is 1.93. The molecule has 5 heteroatoms. The summed E-state index contributed by atoms with van der Waals surface area (Å²) in [5.74, 6) is 2.04. The number of fused-ring (bicyclic) bond motifs is 1. The molecule has 3 heterocycles. The van der Waals surface area contributed by atoms with E-state index in [1.807, 2.05) is 43.3 Å². The fraction of sp³-hybridized carbons (Fsp3) is 0.227. The number of furan rings is 1. The van der Waals surface area contributed by atoms with E-state index in [0.29, 0.717) is 6.42 Å². The number of ketones is 1. The van der Waals surface area contributed by atoms with Crippen LogP contribution in [0.4, 0.5) is 11.4 Å². The van der Waals surface area contributed by atoms with E-state index in [2.05, 4.69) is 28.1 Å². The zero-order valence-corrected chi connectivity index (χ0v) is 15.8. The van der Waals surface area contributed by atoms with Crippen molar-refractivity contribution in [2.45, 2.75) is 31.7 Å². The molecule has 5 rings (SSSR count). The Morgan fingerprint density at radius 3 is 2.63 bits per heavy atom. The highest BCUT2D eigenvalue weighted by atomic mass is 32.1. The van der Waals surface area contributed by atoms with Crippen LogP contribution in [0.15, 0.2) is 69.6 Å². The topological polar surface area (TPSA) is 54.3 Å². The van der Waals surface area contributed by atoms with E-state index < -0.39 is 0 Å². The number of nitrogens with one attached hydrogen (secondary N) is 2. The minimum absolute atomic E-state index is 0.182. The molecule has 1 aliphatic carbocycles. The Labute approximate surface area is 161 Å². The standard InChI is InChI=1S/C22H20N2O2S/c1-13-8-9-19(26-13)22-21-17(23-15-5-2-3-6-16(15)24-22)11-14(12-18(21)25)20-7-4-10-27-20/h2-10,14,22-24H,11-12H2,1H3/t14-,22-/m0/s1. The summed E-state index contributed by atoms with van der Waals surface area (Å²) in [5, 5.41) is 9.16. The molecule has 2 N–H and O–H groups in total. The van der Waals surface area contributed by atoms with Crippen LogP contribution < -0.4 is 10.6 Å². The Bertz CT molecular complexity index is 1030. The van der Waals surface area contributed by atoms with Gasteiger partial charge in [-0.15, -0.1) is 11.3 Å². The SMILES string of the molecule is Cc1ccc([C@@H]2Nc3ccccc3NC3=C2C(=O)C[C@@H](c2cccs2)C3)o1. The summed E-state index contributed by atoms with van der Waals surface area (Å²) in [4.78, 5) is 14.5. The number of hydrogen-bond donors (Lipinski definition) is 2. The predicted octanol–water partition coefficient (Wildman–Crippen LogP) is 5.63. The first-order chi connectivity index (χ1) is 13.2. The molecule has 2 aromatic heterocycles. The van der Waals surface area contributed by atoms with Gasteiger partial charge in [0, 0.05) is 28.5 Å². The van der Waals surface area contributed by atoms with Crippen molar-refractivity contribution < 1.29 is 9.21 Å². The van der Waals surface area contributed by atoms with Crippen LogP contribution in [-0.4, -0.2) is 5.78 Å². The van der Waals surface area contributed by atoms with Crippen LogP contribution in [-0.2, 0) is 4.79 Å². The number of aryl methyl sites for hydroxylation is 1. The van der Waals surface area contributed by atoms with Crippen molar-refractivity contribution in [1.29, 1.82) is 0 Å². The molecule has 0 saturated carbocycles. The van der Waals surface area contributed by atoms with E-state index in [1.165, 1.54) is 4.88 Å². The van der Waals surface area contributed by atoms with Gasteiger partial charge in [-0.25, -0.2) is 0 Å². The number of allylic oxidation sites excluding steroid dienone is 1. The highest BCUT2D eigenvalue weighted by Crippen LogP contribution is 2.45. The van der Waals surface area contributed by atoms with Gasteiger partial charge in [-0.05, 0) is 49.1 Å². The van der Waals surface area contributed by atoms with Gasteiger partial charge in [0.1, 0.15) is 17.6 Å². The highest BCUT2D eigenvalue weighted by molar-refractivity contribution is 7.10. The molecule has 0 amide bonds. The highest BCUT2D eigenvalue weighted by Gasteiger charge is 2.37. The zero-order chi connectivity index (χ0) is 18.4. The summed E-state index contributed by atoms with van der Waals surface area (Å²) in [7, 11) is 0. The lowest BCUT2D eigenvalue weighted by Crippen LogP contribution is -2.26. The number of carbonyl (C=O) groups is 1. The molecule has 0 spiro atoms. The van der Waals surface area contributed by atoms with Crippen LogP contribution in [0.2, 0.25) is 0 Å². The second kappa shape index (κ2) is 6.43. The summed E-state index contributed by atoms with van der Waals surface area (Å²) < 4.78 is 5.92. The van der Waals surface area contributed by atoms with Crippen LogP contribution in [0.5, 0.6) is 0 Å². The quantitative estimate of drug-likeness (QED) is 0.609. The molecule has 2 aliphatic rings. The molecule has 0 saturated heterocycles. The second-order valence-electron chi connectivity index (χ2n) is 7.13. The monoisotopic (exact) mass is 376 g/mol. The second-order valence-corrected chi connectivity index (χ2v) is 8.11. The smallest absolute Gasteiger partial charge is 0.163 e. The molecule has 4 nitrogen and oxygen atoms in total. The first-order valence-corrected chi connectivity index (χ1v) is 10.1. The van der Waals surface area contributed by atoms with Crippen molar-refractivity contribution in [2.75, 3.05) is 10.6 Å². The van der Waals surface area contributed by atoms with Gasteiger partial charge in [-0.2, -0.15) is 0 Å². The van der Waals surface area contributed by atoms with Gasteiger partial charge in [0.2, 0.25) is 0 Å². The molecule has 136 valence electrons. The van der Waals surface area contributed by atoms with Gasteiger partial charge in [0.25, 0.3) is 0 Å². The Balaban J connectivity index is 1.62. The molecule has 3 aromatic rings. The van der Waals surface area contributed by atoms with Gasteiger partial charge in [-0.3, -0.25) is 4.79 Å². The fourth-order valence-electron chi connectivity index (χ4n) is 4.04. The molecule has 0 radical (unpaired) electrons. The summed E-state index contributed by atoms with van der Waals surface area (Å²) in [5.41, 5.74) is 3.77. The maximum absolute atomic E-state index is 13.3. The first-order valence-electron chi connectivity index (χ1n) is 9.17. The lowest BCUT2D eigenvalue weighted by Gasteiger charge is -2.28. The third kappa shape index (κ3) is 2.88. The number of Topliss-reactive ketones (excluding diaryl/α,β-unsaturated/α-hetero) is 1. The van der Waals surface area contributed by atoms with E-state index >= 15 is 0 Å². The van der Waals surface area contributed by atoms with Crippen LogP contribution in [0.3, 0.4) is 0 Å². The van der Waals surface area contributed by atoms with Crippen molar-refractivity contribution >= 4 is 28.5 Å². The van der Waals surface area contributed by atoms with Gasteiger partial charge in [0.05, 0.1) is 11.4 Å². The number of thiophene rings is 1. The number of para-hydroxylation sites is 2. The summed E-state index contributed by atoms with van der Waals surface area (Å²) >= 11 is 1.73. The van der Waals surface area contributed by atoms with Crippen LogP contribution >= 0.6 is 11.3 Å². The van der Waals surface area contributed by atoms with E-state index in [9.17, 15) is 4.79 Å². The minimum atomic E-state index is -0.276. The molecule has 0 fully saturated rings. The van der Waals surface area contributed by atoms with Crippen molar-refractivity contribution in [2.24, 2.45) is 0 Å². The zero-order valence-electron chi connectivity index (χ0n) is 15.0. The Kier molecular flexibility index (Phi) is 3.90. The van der Waals surface area contributed by atoms with E-state index in [-0.39, 0.29) is 17.7 Å². The number of hydrogen-bond acceptors (Lipinski definition) is 5. The molecule has 1 aliphatic heterocycles. The van der Waals surface area contributed by atoms with Crippen molar-refractivity contribution in [3.05, 3.63) is 81.6 Å². The van der Waals surface area contributed by atoms with Crippen molar-refractivity contribution in [3.63, 3.8) is 0 Å². The number of carbonyl (C=O) groups excluding carboxylic acids is 1. The lowest BCUT2D eigenvalue weighted by molar-refractivity contribution is -0.116. The minimum Gasteiger partial charge on any atom is -0.464 e. The van der Waals surface area contributed by atoms with Gasteiger partial charge in [-0.1, -0.05) is 18.2 Å². The maximum atomic E-state index is 13.3. The van der Waals surface area contributed by atoms with Crippen LogP contribution in [0, 0.1) is 6.92 Å². The van der Waals surface area contributed by atoms with E-state index in [1.54, 1.807) is 11.3 Å². The Hall–Kier alpha value is -2.79. The normalized spacial score (nSPS) is 21.7. The van der Waals surface area contributed by atoms with Crippen molar-refractivity contribution in [3.8, 4) is 0 Å². The van der Waals surface area contributed by atoms with Gasteiger partial charge in [0.15, 0.2) is 5.78 Å². The Morgan fingerprint density at radius 2 is 1.89 bits per heavy atom. The molecule has 1 aromatic carbocycles. The molecule has 0 unspecified atom stereocenters. The van der Waals surface area contributed by atoms with Crippen molar-refractivity contribution in [1.82, 2.24) is 0 Å². The molecular weight excluding hydrogens is 356 g/mol. The molecule has 27 heavy (non-hydrogen) atoms. The number of rotatable bonds is 2. The molecule has 0 bridgehead atoms. The third-order valence-corrected chi connectivity index (χ3v) is 6.33. The first kappa shape index (κ1) is 16.4. The number of benzene rings is 1. The summed E-state index contributed by atoms with van der Waals surface area (Å²) in [6, 6.07) is 15.9. The Morgan fingerprint density at radius 1 is 1.04 bits per heavy atom. The number of anilines is 2. The fourth-order valence-corrected chi connectivity index (χ4v) is 4.87. The molecular formula is C22H20N2O2S. The largest absolute Gasteiger partial charge is 0.464 e. The average Bonchev–Trinajstić information content (AvgIpc) is 3.30. The maximum Gasteiger partial charge on any atom is 0.163 e. The average molecular weight is 376 g/mol. The van der Waals surface area contributed by atoms with Gasteiger partial charge >= 0.3 is 0 Å². The third-order valence-electron chi connectivity index (χ3n) is 5.30. The van der Waals surface area contributed by atoms with Gasteiger partial charge < -0.3 is 15.1 Å². The lowest BCUT2D eigenvalue weighted by atomic mass is 9.82.